The Morgan fingerprint density at radius 2 is 2.15 bits per heavy atom. The molecule has 3 heteroatoms. The first kappa shape index (κ1) is 11.0. The van der Waals surface area contributed by atoms with Crippen LogP contribution in [0.15, 0.2) is 0 Å². The Morgan fingerprint density at radius 3 is 2.54 bits per heavy atom. The van der Waals surface area contributed by atoms with Crippen LogP contribution in [0.2, 0.25) is 0 Å². The molecular weight excluding hydrogens is 166 g/mol. The molecule has 78 valence electrons. The lowest BCUT2D eigenvalue weighted by molar-refractivity contribution is 0.0250. The van der Waals surface area contributed by atoms with Crippen LogP contribution in [0.1, 0.15) is 33.6 Å². The van der Waals surface area contributed by atoms with E-state index < -0.39 is 0 Å². The van der Waals surface area contributed by atoms with Crippen LogP contribution in [0.5, 0.6) is 0 Å². The van der Waals surface area contributed by atoms with E-state index in [2.05, 4.69) is 4.90 Å². The van der Waals surface area contributed by atoms with Gasteiger partial charge in [0.25, 0.3) is 0 Å². The third-order valence-corrected chi connectivity index (χ3v) is 3.21. The largest absolute Gasteiger partial charge is 0.392 e. The van der Waals surface area contributed by atoms with Crippen LogP contribution < -0.4 is 0 Å². The minimum absolute atomic E-state index is 0.170. The molecule has 1 aliphatic rings. The predicted molar refractivity (Wildman–Crippen MR) is 52.6 cm³/mol. The third kappa shape index (κ3) is 2.22. The van der Waals surface area contributed by atoms with Crippen molar-refractivity contribution in [3.8, 4) is 0 Å². The Kier molecular flexibility index (Phi) is 3.33. The Bertz CT molecular complexity index is 170. The molecule has 0 amide bonds. The minimum Gasteiger partial charge on any atom is -0.392 e. The smallest absolute Gasteiger partial charge is 0.0730 e. The molecule has 0 aromatic rings. The summed E-state index contributed by atoms with van der Waals surface area (Å²) >= 11 is 0. The highest BCUT2D eigenvalue weighted by Gasteiger charge is 2.40. The van der Waals surface area contributed by atoms with Gasteiger partial charge >= 0.3 is 0 Å². The molecule has 13 heavy (non-hydrogen) atoms. The predicted octanol–water partition coefficient (Wildman–Crippen LogP) is 0.602. The molecule has 0 aromatic carbocycles. The molecule has 1 saturated heterocycles. The van der Waals surface area contributed by atoms with E-state index in [1.54, 1.807) is 0 Å². The third-order valence-electron chi connectivity index (χ3n) is 3.21. The molecule has 1 rings (SSSR count). The van der Waals surface area contributed by atoms with Gasteiger partial charge in [-0.2, -0.15) is 0 Å². The van der Waals surface area contributed by atoms with E-state index in [9.17, 15) is 10.2 Å². The van der Waals surface area contributed by atoms with Crippen molar-refractivity contribution < 1.29 is 10.2 Å². The van der Waals surface area contributed by atoms with Gasteiger partial charge in [-0.25, -0.2) is 0 Å². The molecule has 0 aliphatic carbocycles. The van der Waals surface area contributed by atoms with Gasteiger partial charge in [-0.3, -0.25) is 4.90 Å². The molecule has 1 unspecified atom stereocenters. The Hall–Kier alpha value is -0.120. The summed E-state index contributed by atoms with van der Waals surface area (Å²) in [6, 6.07) is 0. The summed E-state index contributed by atoms with van der Waals surface area (Å²) in [6.45, 7) is 7.62. The Morgan fingerprint density at radius 1 is 1.54 bits per heavy atom. The first-order chi connectivity index (χ1) is 5.98. The van der Waals surface area contributed by atoms with Crippen molar-refractivity contribution in [1.82, 2.24) is 4.90 Å². The molecule has 1 aliphatic heterocycles. The van der Waals surface area contributed by atoms with Crippen molar-refractivity contribution >= 4 is 0 Å². The van der Waals surface area contributed by atoms with Crippen LogP contribution in [0.25, 0.3) is 0 Å². The second-order valence-electron chi connectivity index (χ2n) is 4.47. The molecular formula is C10H21NO2. The first-order valence-corrected chi connectivity index (χ1v) is 5.09. The zero-order valence-corrected chi connectivity index (χ0v) is 8.82. The molecule has 2 N–H and O–H groups in total. The molecule has 0 radical (unpaired) electrons. The molecule has 0 saturated carbocycles. The van der Waals surface area contributed by atoms with Crippen LogP contribution >= 0.6 is 0 Å². The zero-order chi connectivity index (χ0) is 10.1. The summed E-state index contributed by atoms with van der Waals surface area (Å²) in [5.74, 6) is 0. The number of β-amino-alcohol motifs (C(OH)–C–C–N with tert-alkyl or cyclic N) is 1. The van der Waals surface area contributed by atoms with E-state index in [4.69, 9.17) is 0 Å². The number of likely N-dealkylation sites (tertiary alicyclic amines) is 1. The van der Waals surface area contributed by atoms with Gasteiger partial charge in [0.1, 0.15) is 0 Å². The maximum absolute atomic E-state index is 9.69. The maximum atomic E-state index is 9.69. The number of hydrogen-bond acceptors (Lipinski definition) is 3. The van der Waals surface area contributed by atoms with Crippen LogP contribution in [-0.2, 0) is 0 Å². The summed E-state index contributed by atoms with van der Waals surface area (Å²) in [5.41, 5.74) is -0.170. The number of hydrogen-bond donors (Lipinski definition) is 2. The number of aliphatic hydroxyl groups excluding tert-OH is 2. The van der Waals surface area contributed by atoms with Crippen LogP contribution in [-0.4, -0.2) is 45.9 Å². The first-order valence-electron chi connectivity index (χ1n) is 5.09. The number of nitrogens with zero attached hydrogens (tertiary/aromatic N) is 1. The topological polar surface area (TPSA) is 43.7 Å². The Labute approximate surface area is 80.4 Å². The fourth-order valence-electron chi connectivity index (χ4n) is 1.84. The van der Waals surface area contributed by atoms with E-state index >= 15 is 0 Å². The second kappa shape index (κ2) is 3.95. The van der Waals surface area contributed by atoms with Crippen molar-refractivity contribution in [3.63, 3.8) is 0 Å². The monoisotopic (exact) mass is 187 g/mol. The normalized spacial score (nSPS) is 30.7. The summed E-state index contributed by atoms with van der Waals surface area (Å²) in [4.78, 5) is 2.17. The minimum atomic E-state index is -0.260. The van der Waals surface area contributed by atoms with Crippen LogP contribution in [0, 0.1) is 0 Å². The van der Waals surface area contributed by atoms with Gasteiger partial charge in [0.05, 0.1) is 12.2 Å². The molecule has 0 aromatic heterocycles. The van der Waals surface area contributed by atoms with Gasteiger partial charge in [-0.05, 0) is 26.7 Å². The highest BCUT2D eigenvalue weighted by molar-refractivity contribution is 4.95. The lowest BCUT2D eigenvalue weighted by atomic mass is 9.98. The van der Waals surface area contributed by atoms with Gasteiger partial charge in [0.2, 0.25) is 0 Å². The summed E-state index contributed by atoms with van der Waals surface area (Å²) in [7, 11) is 0. The van der Waals surface area contributed by atoms with E-state index in [1.807, 2.05) is 20.8 Å². The fraction of sp³-hybridized carbons (Fsp3) is 1.00. The van der Waals surface area contributed by atoms with E-state index in [0.717, 1.165) is 19.4 Å². The molecule has 2 atom stereocenters. The van der Waals surface area contributed by atoms with Crippen molar-refractivity contribution in [2.45, 2.75) is 51.4 Å². The van der Waals surface area contributed by atoms with Crippen molar-refractivity contribution in [3.05, 3.63) is 0 Å². The van der Waals surface area contributed by atoms with Crippen molar-refractivity contribution in [2.24, 2.45) is 0 Å². The zero-order valence-electron chi connectivity index (χ0n) is 8.82. The SMILES string of the molecule is CC[C@@H](O)CN1CCC(O)C1(C)C. The lowest BCUT2D eigenvalue weighted by Gasteiger charge is -2.34. The molecule has 1 fully saturated rings. The quantitative estimate of drug-likeness (QED) is 0.680. The van der Waals surface area contributed by atoms with Crippen LogP contribution in [0.4, 0.5) is 0 Å². The summed E-state index contributed by atoms with van der Waals surface area (Å²) < 4.78 is 0. The average molecular weight is 187 g/mol. The summed E-state index contributed by atoms with van der Waals surface area (Å²) in [5, 5.41) is 19.2. The average Bonchev–Trinajstić information content (AvgIpc) is 2.31. The fourth-order valence-corrected chi connectivity index (χ4v) is 1.84. The lowest BCUT2D eigenvalue weighted by Crippen LogP contribution is -2.47. The number of rotatable bonds is 3. The summed E-state index contributed by atoms with van der Waals surface area (Å²) in [6.07, 6.45) is 1.09. The second-order valence-corrected chi connectivity index (χ2v) is 4.47. The van der Waals surface area contributed by atoms with Gasteiger partial charge in [0.15, 0.2) is 0 Å². The van der Waals surface area contributed by atoms with Gasteiger partial charge < -0.3 is 10.2 Å². The van der Waals surface area contributed by atoms with Crippen LogP contribution in [0.3, 0.4) is 0 Å². The molecule has 3 nitrogen and oxygen atoms in total. The maximum Gasteiger partial charge on any atom is 0.0730 e. The van der Waals surface area contributed by atoms with Crippen molar-refractivity contribution in [2.75, 3.05) is 13.1 Å². The van der Waals surface area contributed by atoms with E-state index in [-0.39, 0.29) is 17.7 Å². The van der Waals surface area contributed by atoms with Gasteiger partial charge in [-0.1, -0.05) is 6.92 Å². The van der Waals surface area contributed by atoms with E-state index in [0.29, 0.717) is 6.54 Å². The van der Waals surface area contributed by atoms with Gasteiger partial charge in [-0.15, -0.1) is 0 Å². The van der Waals surface area contributed by atoms with Gasteiger partial charge in [0, 0.05) is 18.6 Å². The van der Waals surface area contributed by atoms with E-state index in [1.165, 1.54) is 0 Å². The number of aliphatic hydroxyl groups is 2. The molecule has 0 spiro atoms. The molecule has 1 heterocycles. The van der Waals surface area contributed by atoms with Crippen molar-refractivity contribution in [1.29, 1.82) is 0 Å². The Balaban J connectivity index is 2.52. The standard InChI is InChI=1S/C10H21NO2/c1-4-8(12)7-11-6-5-9(13)10(11,2)3/h8-9,12-13H,4-7H2,1-3H3/t8-,9?/m1/s1. The highest BCUT2D eigenvalue weighted by atomic mass is 16.3. The highest BCUT2D eigenvalue weighted by Crippen LogP contribution is 2.28. The molecule has 0 bridgehead atoms.